The molecule has 18 heavy (non-hydrogen) atoms. The summed E-state index contributed by atoms with van der Waals surface area (Å²) in [4.78, 5) is 24.3. The minimum absolute atomic E-state index is 0.158. The molecule has 0 aliphatic heterocycles. The molecule has 2 aromatic rings. The molecule has 0 unspecified atom stereocenters. The number of methoxy groups -OCH3 is 1. The van der Waals surface area contributed by atoms with Crippen LogP contribution in [-0.4, -0.2) is 19.0 Å². The molecule has 0 bridgehead atoms. The van der Waals surface area contributed by atoms with E-state index >= 15 is 0 Å². The monoisotopic (exact) mass is 265 g/mol. The number of carbonyl (C=O) groups excluding carboxylic acids is 2. The second kappa shape index (κ2) is 5.50. The highest BCUT2D eigenvalue weighted by atomic mass is 32.1. The number of furan rings is 1. The van der Waals surface area contributed by atoms with Crippen LogP contribution in [0.3, 0.4) is 0 Å². The maximum atomic E-state index is 11.9. The van der Waals surface area contributed by atoms with Gasteiger partial charge in [-0.25, -0.2) is 4.79 Å². The van der Waals surface area contributed by atoms with E-state index in [1.165, 1.54) is 24.7 Å². The molecule has 0 saturated heterocycles. The number of carbonyl (C=O) groups is 2. The van der Waals surface area contributed by atoms with Crippen LogP contribution in [0.5, 0.6) is 0 Å². The number of ketones is 1. The summed E-state index contributed by atoms with van der Waals surface area (Å²) in [5.74, 6) is 0.152. The maximum absolute atomic E-state index is 11.9. The molecule has 2 rings (SSSR count). The van der Waals surface area contributed by atoms with Crippen LogP contribution in [0.4, 0.5) is 4.79 Å². The number of rotatable bonds is 4. The molecule has 0 atom stereocenters. The highest BCUT2D eigenvalue weighted by molar-refractivity contribution is 7.14. The molecule has 2 aromatic heterocycles. The van der Waals surface area contributed by atoms with Gasteiger partial charge in [0.2, 0.25) is 5.78 Å². The predicted molar refractivity (Wildman–Crippen MR) is 65.7 cm³/mol. The second-order valence-corrected chi connectivity index (χ2v) is 4.59. The molecule has 0 saturated carbocycles. The molecule has 0 fully saturated rings. The number of thiophene rings is 1. The van der Waals surface area contributed by atoms with Gasteiger partial charge in [-0.1, -0.05) is 0 Å². The lowest BCUT2D eigenvalue weighted by Crippen LogP contribution is -2.21. The summed E-state index contributed by atoms with van der Waals surface area (Å²) < 4.78 is 9.50. The van der Waals surface area contributed by atoms with Gasteiger partial charge in [0.05, 0.1) is 24.8 Å². The van der Waals surface area contributed by atoms with Crippen molar-refractivity contribution in [1.82, 2.24) is 5.32 Å². The van der Waals surface area contributed by atoms with Gasteiger partial charge in [0.25, 0.3) is 0 Å². The number of amides is 1. The van der Waals surface area contributed by atoms with Crippen molar-refractivity contribution in [2.75, 3.05) is 7.11 Å². The second-order valence-electron chi connectivity index (χ2n) is 3.42. The third kappa shape index (κ3) is 2.78. The highest BCUT2D eigenvalue weighted by Gasteiger charge is 2.14. The van der Waals surface area contributed by atoms with E-state index in [1.807, 2.05) is 0 Å². The SMILES string of the molecule is COC(=O)NCc1ccc(C(=O)c2ccco2)s1. The van der Waals surface area contributed by atoms with E-state index in [2.05, 4.69) is 10.1 Å². The van der Waals surface area contributed by atoms with E-state index < -0.39 is 6.09 Å². The van der Waals surface area contributed by atoms with E-state index in [0.717, 1.165) is 4.88 Å². The minimum atomic E-state index is -0.498. The van der Waals surface area contributed by atoms with Crippen LogP contribution in [0.25, 0.3) is 0 Å². The van der Waals surface area contributed by atoms with Crippen molar-refractivity contribution >= 4 is 23.2 Å². The Balaban J connectivity index is 2.02. The van der Waals surface area contributed by atoms with Crippen molar-refractivity contribution in [2.24, 2.45) is 0 Å². The summed E-state index contributed by atoms with van der Waals surface area (Å²) in [6.45, 7) is 0.336. The molecule has 0 spiro atoms. The fourth-order valence-electron chi connectivity index (χ4n) is 1.36. The summed E-state index contributed by atoms with van der Waals surface area (Å²) in [6, 6.07) is 6.79. The van der Waals surface area contributed by atoms with Crippen LogP contribution in [0.15, 0.2) is 34.9 Å². The standard InChI is InChI=1S/C12H11NO4S/c1-16-12(15)13-7-8-4-5-10(18-8)11(14)9-3-2-6-17-9/h2-6H,7H2,1H3,(H,13,15). The Morgan fingerprint density at radius 1 is 1.39 bits per heavy atom. The number of hydrogen-bond acceptors (Lipinski definition) is 5. The van der Waals surface area contributed by atoms with Crippen molar-refractivity contribution in [3.63, 3.8) is 0 Å². The van der Waals surface area contributed by atoms with Crippen LogP contribution in [-0.2, 0) is 11.3 Å². The predicted octanol–water partition coefficient (Wildman–Crippen LogP) is 2.43. The largest absolute Gasteiger partial charge is 0.461 e. The molecule has 94 valence electrons. The lowest BCUT2D eigenvalue weighted by molar-refractivity contribution is 0.101. The van der Waals surface area contributed by atoms with Crippen molar-refractivity contribution in [1.29, 1.82) is 0 Å². The molecular formula is C12H11NO4S. The summed E-state index contributed by atoms with van der Waals surface area (Å²) >= 11 is 1.31. The van der Waals surface area contributed by atoms with E-state index in [4.69, 9.17) is 4.42 Å². The first-order chi connectivity index (χ1) is 8.70. The topological polar surface area (TPSA) is 68.5 Å². The third-order valence-corrected chi connectivity index (χ3v) is 3.31. The highest BCUT2D eigenvalue weighted by Crippen LogP contribution is 2.20. The molecule has 5 nitrogen and oxygen atoms in total. The Hall–Kier alpha value is -2.08. The van der Waals surface area contributed by atoms with Gasteiger partial charge >= 0.3 is 6.09 Å². The molecular weight excluding hydrogens is 254 g/mol. The van der Waals surface area contributed by atoms with Crippen LogP contribution in [0, 0.1) is 0 Å². The fraction of sp³-hybridized carbons (Fsp3) is 0.167. The molecule has 0 radical (unpaired) electrons. The molecule has 0 aromatic carbocycles. The Bertz CT molecular complexity index is 544. The zero-order valence-electron chi connectivity index (χ0n) is 9.64. The third-order valence-electron chi connectivity index (χ3n) is 2.22. The smallest absolute Gasteiger partial charge is 0.407 e. The first-order valence-electron chi connectivity index (χ1n) is 5.19. The molecule has 0 aliphatic rings. The van der Waals surface area contributed by atoms with E-state index in [1.54, 1.807) is 24.3 Å². The number of hydrogen-bond donors (Lipinski definition) is 1. The normalized spacial score (nSPS) is 10.1. The first kappa shape index (κ1) is 12.4. The van der Waals surface area contributed by atoms with Crippen LogP contribution in [0.1, 0.15) is 20.3 Å². The zero-order chi connectivity index (χ0) is 13.0. The lowest BCUT2D eigenvalue weighted by atomic mass is 10.2. The number of alkyl carbamates (subject to hydrolysis) is 1. The van der Waals surface area contributed by atoms with Gasteiger partial charge in [-0.2, -0.15) is 0 Å². The lowest BCUT2D eigenvalue weighted by Gasteiger charge is -2.00. The van der Waals surface area contributed by atoms with Gasteiger partial charge in [-0.3, -0.25) is 4.79 Å². The summed E-state index contributed by atoms with van der Waals surface area (Å²) in [7, 11) is 1.30. The van der Waals surface area contributed by atoms with Crippen molar-refractivity contribution in [3.8, 4) is 0 Å². The van der Waals surface area contributed by atoms with E-state index in [0.29, 0.717) is 17.2 Å². The zero-order valence-corrected chi connectivity index (χ0v) is 10.5. The summed E-state index contributed by atoms with van der Waals surface area (Å²) in [6.07, 6.45) is 0.961. The molecule has 1 amide bonds. The number of nitrogens with one attached hydrogen (secondary N) is 1. The van der Waals surface area contributed by atoms with Crippen molar-refractivity contribution in [3.05, 3.63) is 46.0 Å². The summed E-state index contributed by atoms with van der Waals surface area (Å²) in [5, 5.41) is 2.55. The Kier molecular flexibility index (Phi) is 3.78. The number of ether oxygens (including phenoxy) is 1. The quantitative estimate of drug-likeness (QED) is 0.862. The van der Waals surface area contributed by atoms with Crippen molar-refractivity contribution < 1.29 is 18.7 Å². The molecule has 6 heteroatoms. The van der Waals surface area contributed by atoms with Gasteiger partial charge in [0.1, 0.15) is 0 Å². The van der Waals surface area contributed by atoms with Crippen molar-refractivity contribution in [2.45, 2.75) is 6.54 Å². The summed E-state index contributed by atoms with van der Waals surface area (Å²) in [5.41, 5.74) is 0. The van der Waals surface area contributed by atoms with Gasteiger partial charge in [0.15, 0.2) is 5.76 Å². The Morgan fingerprint density at radius 2 is 2.22 bits per heavy atom. The Morgan fingerprint density at radius 3 is 2.89 bits per heavy atom. The fourth-order valence-corrected chi connectivity index (χ4v) is 2.25. The first-order valence-corrected chi connectivity index (χ1v) is 6.01. The Labute approximate surface area is 107 Å². The maximum Gasteiger partial charge on any atom is 0.407 e. The van der Waals surface area contributed by atoms with Crippen LogP contribution >= 0.6 is 11.3 Å². The van der Waals surface area contributed by atoms with Gasteiger partial charge in [0, 0.05) is 4.88 Å². The van der Waals surface area contributed by atoms with Crippen LogP contribution in [0.2, 0.25) is 0 Å². The average molecular weight is 265 g/mol. The molecule has 1 N–H and O–H groups in total. The average Bonchev–Trinajstić information content (AvgIpc) is 3.05. The molecule has 2 heterocycles. The minimum Gasteiger partial charge on any atom is -0.461 e. The van der Waals surface area contributed by atoms with Gasteiger partial charge < -0.3 is 14.5 Å². The molecule has 0 aliphatic carbocycles. The van der Waals surface area contributed by atoms with Crippen LogP contribution < -0.4 is 5.32 Å². The van der Waals surface area contributed by atoms with Gasteiger partial charge in [-0.05, 0) is 24.3 Å². The van der Waals surface area contributed by atoms with E-state index in [-0.39, 0.29) is 5.78 Å². The van der Waals surface area contributed by atoms with E-state index in [9.17, 15) is 9.59 Å². The van der Waals surface area contributed by atoms with Gasteiger partial charge in [-0.15, -0.1) is 11.3 Å².